The van der Waals surface area contributed by atoms with Crippen LogP contribution in [0.2, 0.25) is 5.02 Å². The normalized spacial score (nSPS) is 13.0. The van der Waals surface area contributed by atoms with Crippen LogP contribution in [0.15, 0.2) is 41.3 Å². The van der Waals surface area contributed by atoms with Crippen LogP contribution in [0.3, 0.4) is 0 Å². The van der Waals surface area contributed by atoms with Crippen LogP contribution in [-0.2, 0) is 16.0 Å². The minimum Gasteiger partial charge on any atom is -0.480 e. The van der Waals surface area contributed by atoms with Crippen molar-refractivity contribution in [3.05, 3.63) is 68.6 Å². The summed E-state index contributed by atoms with van der Waals surface area (Å²) in [7, 11) is 0. The average Bonchev–Trinajstić information content (AvgIpc) is 2.65. The molecule has 2 aromatic rings. The number of nitrogens with zero attached hydrogens (tertiary/aromatic N) is 1. The van der Waals surface area contributed by atoms with Crippen LogP contribution in [0.4, 0.5) is 0 Å². The summed E-state index contributed by atoms with van der Waals surface area (Å²) in [5.74, 6) is -1.58. The number of aromatic nitrogens is 1. The zero-order chi connectivity index (χ0) is 21.6. The SMILES string of the molecule is CCCCC(C(=O)NC(C)C(=O)O)n1cc(C)cc(Cc2cccc(Cl)c2)c1=O. The van der Waals surface area contributed by atoms with Gasteiger partial charge in [-0.15, -0.1) is 0 Å². The van der Waals surface area contributed by atoms with Gasteiger partial charge in [0.15, 0.2) is 0 Å². The third-order valence-electron chi connectivity index (χ3n) is 4.74. The number of carbonyl (C=O) groups excluding carboxylic acids is 1. The third kappa shape index (κ3) is 6.19. The van der Waals surface area contributed by atoms with Crippen molar-refractivity contribution in [1.82, 2.24) is 9.88 Å². The van der Waals surface area contributed by atoms with Gasteiger partial charge in [0.2, 0.25) is 5.91 Å². The second-order valence-electron chi connectivity index (χ2n) is 7.29. The molecule has 7 heteroatoms. The first kappa shape index (κ1) is 22.7. The highest BCUT2D eigenvalue weighted by Crippen LogP contribution is 2.18. The molecule has 0 spiro atoms. The first-order valence-corrected chi connectivity index (χ1v) is 10.1. The number of hydrogen-bond acceptors (Lipinski definition) is 3. The second kappa shape index (κ2) is 10.3. The molecule has 0 aliphatic rings. The molecule has 156 valence electrons. The molecular formula is C22H27ClN2O4. The van der Waals surface area contributed by atoms with E-state index in [9.17, 15) is 14.4 Å². The summed E-state index contributed by atoms with van der Waals surface area (Å²) in [6.45, 7) is 5.27. The Hall–Kier alpha value is -2.60. The lowest BCUT2D eigenvalue weighted by Crippen LogP contribution is -2.44. The fraction of sp³-hybridized carbons (Fsp3) is 0.409. The number of carbonyl (C=O) groups is 2. The molecule has 1 amide bonds. The van der Waals surface area contributed by atoms with Gasteiger partial charge in [0.05, 0.1) is 0 Å². The molecule has 0 radical (unpaired) electrons. The van der Waals surface area contributed by atoms with Crippen LogP contribution in [0.1, 0.15) is 55.8 Å². The molecule has 2 rings (SSSR count). The van der Waals surface area contributed by atoms with Crippen molar-refractivity contribution in [3.8, 4) is 0 Å². The van der Waals surface area contributed by atoms with Crippen LogP contribution >= 0.6 is 11.6 Å². The lowest BCUT2D eigenvalue weighted by molar-refractivity contribution is -0.141. The molecule has 0 saturated heterocycles. The van der Waals surface area contributed by atoms with E-state index >= 15 is 0 Å². The molecule has 2 atom stereocenters. The van der Waals surface area contributed by atoms with Gasteiger partial charge >= 0.3 is 5.97 Å². The first-order chi connectivity index (χ1) is 13.7. The maximum absolute atomic E-state index is 13.2. The zero-order valence-corrected chi connectivity index (χ0v) is 17.7. The van der Waals surface area contributed by atoms with E-state index in [1.54, 1.807) is 12.3 Å². The molecule has 6 nitrogen and oxygen atoms in total. The number of carboxylic acid groups (broad SMARTS) is 1. The molecule has 1 aromatic heterocycles. The van der Waals surface area contributed by atoms with E-state index in [0.717, 1.165) is 24.0 Å². The van der Waals surface area contributed by atoms with Crippen molar-refractivity contribution >= 4 is 23.5 Å². The van der Waals surface area contributed by atoms with E-state index in [1.165, 1.54) is 11.5 Å². The predicted molar refractivity (Wildman–Crippen MR) is 113 cm³/mol. The Bertz CT molecular complexity index is 939. The highest BCUT2D eigenvalue weighted by molar-refractivity contribution is 6.30. The molecule has 0 fully saturated rings. The largest absolute Gasteiger partial charge is 0.480 e. The maximum atomic E-state index is 13.2. The van der Waals surface area contributed by atoms with Gasteiger partial charge in [-0.3, -0.25) is 14.4 Å². The number of nitrogens with one attached hydrogen (secondary N) is 1. The number of aryl methyl sites for hydroxylation is 1. The smallest absolute Gasteiger partial charge is 0.325 e. The van der Waals surface area contributed by atoms with E-state index in [-0.39, 0.29) is 5.56 Å². The number of benzene rings is 1. The fourth-order valence-electron chi connectivity index (χ4n) is 3.21. The maximum Gasteiger partial charge on any atom is 0.325 e. The van der Waals surface area contributed by atoms with Gasteiger partial charge < -0.3 is 15.0 Å². The van der Waals surface area contributed by atoms with Crippen molar-refractivity contribution < 1.29 is 14.7 Å². The van der Waals surface area contributed by atoms with Gasteiger partial charge in [-0.2, -0.15) is 0 Å². The van der Waals surface area contributed by atoms with Gasteiger partial charge in [0.25, 0.3) is 5.56 Å². The minimum atomic E-state index is -1.12. The summed E-state index contributed by atoms with van der Waals surface area (Å²) in [6.07, 6.45) is 4.11. The van der Waals surface area contributed by atoms with Crippen molar-refractivity contribution in [2.75, 3.05) is 0 Å². The second-order valence-corrected chi connectivity index (χ2v) is 7.72. The molecule has 1 heterocycles. The standard InChI is InChI=1S/C22H27ClN2O4/c1-4-5-9-19(20(26)24-15(3)22(28)29)25-13-14(2)10-17(21(25)27)11-16-7-6-8-18(23)12-16/h6-8,10,12-13,15,19H,4-5,9,11H2,1-3H3,(H,24,26)(H,28,29). The van der Waals surface area contributed by atoms with Crippen molar-refractivity contribution in [2.24, 2.45) is 0 Å². The lowest BCUT2D eigenvalue weighted by Gasteiger charge is -2.22. The molecule has 0 bridgehead atoms. The average molecular weight is 419 g/mol. The molecule has 0 aliphatic carbocycles. The summed E-state index contributed by atoms with van der Waals surface area (Å²) in [5, 5.41) is 12.2. The van der Waals surface area contributed by atoms with Crippen LogP contribution in [0.5, 0.6) is 0 Å². The number of carboxylic acids is 1. The lowest BCUT2D eigenvalue weighted by atomic mass is 10.0. The number of hydrogen-bond donors (Lipinski definition) is 2. The Kier molecular flexibility index (Phi) is 8.02. The summed E-state index contributed by atoms with van der Waals surface area (Å²) < 4.78 is 1.44. The Morgan fingerprint density at radius 2 is 2.00 bits per heavy atom. The molecule has 29 heavy (non-hydrogen) atoms. The number of amides is 1. The van der Waals surface area contributed by atoms with E-state index in [1.807, 2.05) is 38.1 Å². The predicted octanol–water partition coefficient (Wildman–Crippen LogP) is 3.72. The van der Waals surface area contributed by atoms with Crippen molar-refractivity contribution in [3.63, 3.8) is 0 Å². The minimum absolute atomic E-state index is 0.255. The number of unbranched alkanes of at least 4 members (excludes halogenated alkanes) is 1. The quantitative estimate of drug-likeness (QED) is 0.649. The Morgan fingerprint density at radius 3 is 2.62 bits per heavy atom. The number of aliphatic carboxylic acids is 1. The summed E-state index contributed by atoms with van der Waals surface area (Å²) >= 11 is 6.05. The van der Waals surface area contributed by atoms with E-state index in [0.29, 0.717) is 23.4 Å². The van der Waals surface area contributed by atoms with Gasteiger partial charge in [0.1, 0.15) is 12.1 Å². The van der Waals surface area contributed by atoms with E-state index in [4.69, 9.17) is 16.7 Å². The van der Waals surface area contributed by atoms with Crippen LogP contribution < -0.4 is 10.9 Å². The summed E-state index contributed by atoms with van der Waals surface area (Å²) in [4.78, 5) is 37.1. The fourth-order valence-corrected chi connectivity index (χ4v) is 3.42. The molecule has 0 aliphatic heterocycles. The van der Waals surface area contributed by atoms with Crippen LogP contribution in [-0.4, -0.2) is 27.6 Å². The zero-order valence-electron chi connectivity index (χ0n) is 16.9. The van der Waals surface area contributed by atoms with E-state index in [2.05, 4.69) is 5.32 Å². The van der Waals surface area contributed by atoms with Crippen molar-refractivity contribution in [1.29, 1.82) is 0 Å². The highest BCUT2D eigenvalue weighted by Gasteiger charge is 2.25. The summed E-state index contributed by atoms with van der Waals surface area (Å²) in [5.41, 5.74) is 2.06. The monoisotopic (exact) mass is 418 g/mol. The number of pyridine rings is 1. The first-order valence-electron chi connectivity index (χ1n) is 9.72. The van der Waals surface area contributed by atoms with Gasteiger partial charge in [-0.05, 0) is 49.6 Å². The Labute approximate surface area is 175 Å². The molecule has 1 aromatic carbocycles. The molecule has 2 unspecified atom stereocenters. The van der Waals surface area contributed by atoms with Crippen molar-refractivity contribution in [2.45, 2.75) is 58.5 Å². The topological polar surface area (TPSA) is 88.4 Å². The van der Waals surface area contributed by atoms with Gasteiger partial charge in [0, 0.05) is 23.2 Å². The van der Waals surface area contributed by atoms with Gasteiger partial charge in [-0.1, -0.05) is 43.5 Å². The van der Waals surface area contributed by atoms with Crippen LogP contribution in [0, 0.1) is 6.92 Å². The molecular weight excluding hydrogens is 392 g/mol. The highest BCUT2D eigenvalue weighted by atomic mass is 35.5. The third-order valence-corrected chi connectivity index (χ3v) is 4.97. The Balaban J connectivity index is 2.42. The van der Waals surface area contributed by atoms with E-state index < -0.39 is 24.0 Å². The van der Waals surface area contributed by atoms with Crippen LogP contribution in [0.25, 0.3) is 0 Å². The van der Waals surface area contributed by atoms with Gasteiger partial charge in [-0.25, -0.2) is 0 Å². The molecule has 0 saturated carbocycles. The number of rotatable bonds is 9. The summed E-state index contributed by atoms with van der Waals surface area (Å²) in [6, 6.07) is 7.33. The Morgan fingerprint density at radius 1 is 1.28 bits per heavy atom. The number of halogens is 1. The molecule has 2 N–H and O–H groups in total.